The summed E-state index contributed by atoms with van der Waals surface area (Å²) >= 11 is 0.252. The van der Waals surface area contributed by atoms with Crippen LogP contribution in [-0.2, 0) is 0 Å². The normalized spacial score (nSPS) is 10.4. The van der Waals surface area contributed by atoms with Crippen molar-refractivity contribution in [2.45, 2.75) is 0 Å². The van der Waals surface area contributed by atoms with Gasteiger partial charge in [-0.25, -0.2) is 0 Å². The van der Waals surface area contributed by atoms with E-state index in [0.29, 0.717) is 11.1 Å². The molecule has 0 aliphatic rings. The molecule has 0 aliphatic carbocycles. The first-order chi connectivity index (χ1) is 15.7. The molecule has 4 rings (SSSR count). The van der Waals surface area contributed by atoms with Gasteiger partial charge in [0.1, 0.15) is 0 Å². The molecule has 6 heteroatoms. The summed E-state index contributed by atoms with van der Waals surface area (Å²) in [5.74, 6) is -0.228. The fourth-order valence-corrected chi connectivity index (χ4v) is 9.89. The molecule has 0 fully saturated rings. The van der Waals surface area contributed by atoms with Gasteiger partial charge in [0.05, 0.1) is 0 Å². The van der Waals surface area contributed by atoms with Crippen molar-refractivity contribution < 1.29 is 9.59 Å². The third-order valence-corrected chi connectivity index (χ3v) is 11.8. The van der Waals surface area contributed by atoms with Crippen LogP contribution in [0.4, 0.5) is 11.4 Å². The van der Waals surface area contributed by atoms with Crippen molar-refractivity contribution >= 4 is 58.4 Å². The monoisotopic (exact) mass is 552 g/mol. The van der Waals surface area contributed by atoms with E-state index >= 15 is 0 Å². The molecule has 0 bridgehead atoms. The first kappa shape index (κ1) is 22.1. The third kappa shape index (κ3) is 5.76. The summed E-state index contributed by atoms with van der Waals surface area (Å²) < 4.78 is 2.27. The topological polar surface area (TPSA) is 58.2 Å². The molecule has 0 aromatic heterocycles. The van der Waals surface area contributed by atoms with Crippen LogP contribution in [-0.4, -0.2) is 38.1 Å². The number of nitrogens with one attached hydrogen (secondary N) is 2. The van der Waals surface area contributed by atoms with Gasteiger partial charge in [-0.15, -0.1) is 0 Å². The zero-order valence-corrected chi connectivity index (χ0v) is 20.5. The molecule has 158 valence electrons. The Morgan fingerprint density at radius 3 is 1.22 bits per heavy atom. The molecule has 0 radical (unpaired) electrons. The van der Waals surface area contributed by atoms with Crippen LogP contribution < -0.4 is 19.6 Å². The molecule has 0 atom stereocenters. The van der Waals surface area contributed by atoms with Gasteiger partial charge in [-0.05, 0) is 0 Å². The molecule has 0 spiro atoms. The Balaban J connectivity index is 1.47. The van der Waals surface area contributed by atoms with E-state index < -0.39 is 0 Å². The standard InChI is InChI=1S/C26H20N2O2Se2/c29-25(19-11-3-1-4-12-19)27-21-15-7-9-17-23(21)31-32-24-18-10-8-16-22(24)28-26(30)20-13-5-2-6-14-20/h1-18H,(H,27,29)(H,28,30). The Morgan fingerprint density at radius 1 is 0.469 bits per heavy atom. The van der Waals surface area contributed by atoms with Crippen LogP contribution in [0.1, 0.15) is 20.7 Å². The summed E-state index contributed by atoms with van der Waals surface area (Å²) in [5.41, 5.74) is 2.95. The quantitative estimate of drug-likeness (QED) is 0.347. The minimum absolute atomic E-state index is 0.114. The number of carbonyl (C=O) groups is 2. The van der Waals surface area contributed by atoms with Gasteiger partial charge in [-0.1, -0.05) is 0 Å². The summed E-state index contributed by atoms with van der Waals surface area (Å²) in [6.45, 7) is 0. The van der Waals surface area contributed by atoms with Crippen molar-refractivity contribution in [1.82, 2.24) is 0 Å². The fraction of sp³-hybridized carbons (Fsp3) is 0. The fourth-order valence-electron chi connectivity index (χ4n) is 2.94. The second kappa shape index (κ2) is 10.9. The number of rotatable bonds is 7. The number of amides is 2. The molecule has 0 aliphatic heterocycles. The molecule has 2 amide bonds. The number of anilines is 2. The molecule has 0 unspecified atom stereocenters. The zero-order chi connectivity index (χ0) is 22.2. The molecular formula is C26H20N2O2Se2. The van der Waals surface area contributed by atoms with Crippen molar-refractivity contribution in [3.8, 4) is 0 Å². The molecule has 32 heavy (non-hydrogen) atoms. The Morgan fingerprint density at radius 2 is 0.812 bits per heavy atom. The molecule has 4 nitrogen and oxygen atoms in total. The van der Waals surface area contributed by atoms with Crippen LogP contribution in [0.3, 0.4) is 0 Å². The van der Waals surface area contributed by atoms with Gasteiger partial charge in [0.25, 0.3) is 0 Å². The molecule has 0 saturated heterocycles. The number of carbonyl (C=O) groups excluding carboxylic acids is 2. The van der Waals surface area contributed by atoms with Gasteiger partial charge in [-0.2, -0.15) is 0 Å². The van der Waals surface area contributed by atoms with Gasteiger partial charge in [-0.3, -0.25) is 0 Å². The molecule has 4 aromatic carbocycles. The van der Waals surface area contributed by atoms with Gasteiger partial charge >= 0.3 is 199 Å². The van der Waals surface area contributed by atoms with Crippen LogP contribution in [0.2, 0.25) is 0 Å². The maximum atomic E-state index is 12.6. The molecule has 0 saturated carbocycles. The minimum atomic E-state index is -0.114. The zero-order valence-electron chi connectivity index (χ0n) is 17.0. The van der Waals surface area contributed by atoms with E-state index in [-0.39, 0.29) is 38.1 Å². The van der Waals surface area contributed by atoms with Crippen LogP contribution in [0, 0.1) is 0 Å². The maximum absolute atomic E-state index is 12.6. The predicted octanol–water partition coefficient (Wildman–Crippen LogP) is 3.47. The van der Waals surface area contributed by atoms with Crippen molar-refractivity contribution in [1.29, 1.82) is 0 Å². The van der Waals surface area contributed by atoms with E-state index in [0.717, 1.165) is 20.3 Å². The van der Waals surface area contributed by atoms with E-state index in [9.17, 15) is 9.59 Å². The molecule has 0 heterocycles. The molecule has 2 N–H and O–H groups in total. The number of benzene rings is 4. The molecular weight excluding hydrogens is 530 g/mol. The number of hydrogen-bond acceptors (Lipinski definition) is 2. The van der Waals surface area contributed by atoms with Crippen LogP contribution in [0.25, 0.3) is 0 Å². The van der Waals surface area contributed by atoms with E-state index in [2.05, 4.69) is 22.8 Å². The average Bonchev–Trinajstić information content (AvgIpc) is 2.85. The van der Waals surface area contributed by atoms with Crippen molar-refractivity contribution in [3.63, 3.8) is 0 Å². The van der Waals surface area contributed by atoms with E-state index in [1.165, 1.54) is 0 Å². The van der Waals surface area contributed by atoms with Crippen LogP contribution in [0.15, 0.2) is 109 Å². The Bertz CT molecular complexity index is 1120. The van der Waals surface area contributed by atoms with Crippen molar-refractivity contribution in [2.75, 3.05) is 10.6 Å². The van der Waals surface area contributed by atoms with Crippen LogP contribution in [0.5, 0.6) is 0 Å². The Hall–Kier alpha value is -3.14. The average molecular weight is 550 g/mol. The van der Waals surface area contributed by atoms with Crippen molar-refractivity contribution in [3.05, 3.63) is 120 Å². The Labute approximate surface area is 198 Å². The third-order valence-electron chi connectivity index (χ3n) is 4.56. The van der Waals surface area contributed by atoms with Crippen LogP contribution >= 0.6 is 0 Å². The van der Waals surface area contributed by atoms with E-state index in [1.807, 2.05) is 72.8 Å². The summed E-state index contributed by atoms with van der Waals surface area (Å²) in [6.07, 6.45) is 0. The summed E-state index contributed by atoms with van der Waals surface area (Å²) in [4.78, 5) is 25.2. The van der Waals surface area contributed by atoms with Gasteiger partial charge in [0.15, 0.2) is 0 Å². The summed E-state index contributed by atoms with van der Waals surface area (Å²) in [7, 11) is 0. The van der Waals surface area contributed by atoms with Gasteiger partial charge in [0, 0.05) is 0 Å². The summed E-state index contributed by atoms with van der Waals surface area (Å²) in [5, 5.41) is 6.10. The predicted molar refractivity (Wildman–Crippen MR) is 132 cm³/mol. The summed E-state index contributed by atoms with van der Waals surface area (Å²) in [6, 6.07) is 34.3. The van der Waals surface area contributed by atoms with Gasteiger partial charge < -0.3 is 0 Å². The second-order valence-electron chi connectivity index (χ2n) is 6.80. The van der Waals surface area contributed by atoms with E-state index in [1.54, 1.807) is 24.3 Å². The first-order valence-corrected chi connectivity index (χ1v) is 16.0. The molecule has 4 aromatic rings. The Kier molecular flexibility index (Phi) is 7.54. The second-order valence-corrected chi connectivity index (χ2v) is 13.0. The number of para-hydroxylation sites is 2. The number of hydrogen-bond donors (Lipinski definition) is 2. The SMILES string of the molecule is O=C(Nc1ccccc1[Se][Se]c1ccccc1NC(=O)c1ccccc1)c1ccccc1. The van der Waals surface area contributed by atoms with E-state index in [4.69, 9.17) is 0 Å². The first-order valence-electron chi connectivity index (χ1n) is 9.96. The van der Waals surface area contributed by atoms with Crippen molar-refractivity contribution in [2.24, 2.45) is 0 Å². The van der Waals surface area contributed by atoms with Gasteiger partial charge in [0.2, 0.25) is 0 Å².